The highest BCUT2D eigenvalue weighted by Gasteiger charge is 2.40. The number of ether oxygens (including phenoxy) is 2. The van der Waals surface area contributed by atoms with Gasteiger partial charge in [0.2, 0.25) is 0 Å². The molecule has 1 fully saturated rings. The molecule has 0 spiro atoms. The maximum atomic E-state index is 13.0. The number of nitrogens with one attached hydrogen (secondary N) is 1. The van der Waals surface area contributed by atoms with Gasteiger partial charge in [0.15, 0.2) is 5.75 Å². The molecule has 3 heterocycles. The molecule has 13 heteroatoms. The van der Waals surface area contributed by atoms with Crippen LogP contribution in [0.1, 0.15) is 30.4 Å². The van der Waals surface area contributed by atoms with Crippen LogP contribution < -0.4 is 19.7 Å². The van der Waals surface area contributed by atoms with Gasteiger partial charge in [0.25, 0.3) is 5.88 Å². The first kappa shape index (κ1) is 28.4. The minimum absolute atomic E-state index is 0.0704. The number of hydrogen-bond donors (Lipinski definition) is 2. The van der Waals surface area contributed by atoms with Crippen LogP contribution in [0.5, 0.6) is 11.6 Å². The third-order valence-electron chi connectivity index (χ3n) is 7.37. The second kappa shape index (κ2) is 11.8. The molecule has 1 aliphatic carbocycles. The van der Waals surface area contributed by atoms with Crippen molar-refractivity contribution in [1.82, 2.24) is 25.5 Å². The number of benzene rings is 1. The average Bonchev–Trinajstić information content (AvgIpc) is 3.52. The van der Waals surface area contributed by atoms with E-state index in [4.69, 9.17) is 9.47 Å². The average molecular weight is 577 g/mol. The Balaban J connectivity index is 1.19. The van der Waals surface area contributed by atoms with E-state index in [2.05, 4.69) is 25.5 Å². The maximum absolute atomic E-state index is 13.0. The molecule has 0 radical (unpaired) electrons. The number of hydrogen-bond acceptors (Lipinski definition) is 10. The summed E-state index contributed by atoms with van der Waals surface area (Å²) < 4.78 is 49.3. The van der Waals surface area contributed by atoms with Crippen molar-refractivity contribution in [2.24, 2.45) is 0 Å². The summed E-state index contributed by atoms with van der Waals surface area (Å²) in [5.41, 5.74) is 3.36. The molecule has 0 bridgehead atoms. The fraction of sp³-hybridized carbons (Fsp3) is 0.481. The smallest absolute Gasteiger partial charge is 0.390 e. The van der Waals surface area contributed by atoms with Gasteiger partial charge < -0.3 is 24.8 Å². The number of nitrogens with zero attached hydrogens (tertiary/aromatic N) is 5. The summed E-state index contributed by atoms with van der Waals surface area (Å²) in [7, 11) is 4.90. The van der Waals surface area contributed by atoms with Gasteiger partial charge in [-0.15, -0.1) is 22.0 Å². The lowest BCUT2D eigenvalue weighted by Crippen LogP contribution is -2.39. The summed E-state index contributed by atoms with van der Waals surface area (Å²) in [6, 6.07) is 9.58. The standard InChI is InChI=1S/C27H31F3N6O3S/c1-36(24-19-10-18(12-27(28,29)30)40-26(19)33-14-32-24)21-8-17(9-22(21)37)31-13-15-4-6-16(7-5-15)20-11-23(38-2)25(39-3)35-34-20/h4-7,11,14,17-18,21-22,31,37H,8-10,12-13H2,1-3H3. The maximum Gasteiger partial charge on any atom is 0.390 e. The first-order valence-electron chi connectivity index (χ1n) is 12.9. The van der Waals surface area contributed by atoms with Crippen LogP contribution in [0.2, 0.25) is 0 Å². The third-order valence-corrected chi connectivity index (χ3v) is 8.61. The van der Waals surface area contributed by atoms with Crippen molar-refractivity contribution >= 4 is 17.6 Å². The summed E-state index contributed by atoms with van der Waals surface area (Å²) in [5.74, 6) is 1.42. The van der Waals surface area contributed by atoms with E-state index in [-0.39, 0.29) is 18.5 Å². The molecule has 40 heavy (non-hydrogen) atoms. The predicted molar refractivity (Wildman–Crippen MR) is 145 cm³/mol. The Morgan fingerprint density at radius 1 is 1.10 bits per heavy atom. The minimum Gasteiger partial charge on any atom is -0.491 e. The molecule has 2 aromatic heterocycles. The topological polar surface area (TPSA) is 106 Å². The summed E-state index contributed by atoms with van der Waals surface area (Å²) in [4.78, 5) is 10.5. The number of anilines is 1. The number of fused-ring (bicyclic) bond motifs is 1. The fourth-order valence-electron chi connectivity index (χ4n) is 5.35. The SMILES string of the molecule is COc1cc(-c2ccc(CNC3CC(O)C(N(C)c4ncnc5c4CC(CC(F)(F)F)S5)C3)cc2)nnc1OC. The summed E-state index contributed by atoms with van der Waals surface area (Å²) >= 11 is 1.16. The second-order valence-electron chi connectivity index (χ2n) is 10.0. The number of aromatic nitrogens is 4. The molecular weight excluding hydrogens is 545 g/mol. The quantitative estimate of drug-likeness (QED) is 0.363. The zero-order valence-corrected chi connectivity index (χ0v) is 23.2. The van der Waals surface area contributed by atoms with E-state index in [1.165, 1.54) is 13.4 Å². The van der Waals surface area contributed by atoms with Gasteiger partial charge in [-0.25, -0.2) is 9.97 Å². The lowest BCUT2D eigenvalue weighted by Gasteiger charge is -2.29. The summed E-state index contributed by atoms with van der Waals surface area (Å²) in [6.45, 7) is 0.615. The van der Waals surface area contributed by atoms with Crippen LogP contribution in [0.3, 0.4) is 0 Å². The number of alkyl halides is 3. The predicted octanol–water partition coefficient (Wildman–Crippen LogP) is 4.04. The van der Waals surface area contributed by atoms with Crippen molar-refractivity contribution in [3.63, 3.8) is 0 Å². The van der Waals surface area contributed by atoms with E-state index < -0.39 is 24.0 Å². The van der Waals surface area contributed by atoms with Gasteiger partial charge in [-0.3, -0.25) is 0 Å². The Hall–Kier alpha value is -3.16. The van der Waals surface area contributed by atoms with Crippen molar-refractivity contribution in [2.45, 2.75) is 66.9 Å². The molecule has 5 rings (SSSR count). The molecule has 2 N–H and O–H groups in total. The molecule has 4 unspecified atom stereocenters. The van der Waals surface area contributed by atoms with E-state index in [9.17, 15) is 18.3 Å². The van der Waals surface area contributed by atoms with Crippen LogP contribution in [0.15, 0.2) is 41.7 Å². The monoisotopic (exact) mass is 576 g/mol. The fourth-order valence-corrected chi connectivity index (χ4v) is 6.61. The Kier molecular flexibility index (Phi) is 8.34. The van der Waals surface area contributed by atoms with Gasteiger partial charge in [-0.05, 0) is 24.8 Å². The third kappa shape index (κ3) is 6.26. The van der Waals surface area contributed by atoms with E-state index in [1.54, 1.807) is 13.2 Å². The number of likely N-dealkylation sites (N-methyl/N-ethyl adjacent to an activating group) is 1. The zero-order valence-electron chi connectivity index (χ0n) is 22.4. The van der Waals surface area contributed by atoms with Crippen LogP contribution >= 0.6 is 11.8 Å². The van der Waals surface area contributed by atoms with Gasteiger partial charge in [-0.1, -0.05) is 24.3 Å². The first-order chi connectivity index (χ1) is 19.1. The van der Waals surface area contributed by atoms with E-state index in [0.29, 0.717) is 47.6 Å². The molecule has 1 saturated carbocycles. The highest BCUT2D eigenvalue weighted by molar-refractivity contribution is 8.00. The van der Waals surface area contributed by atoms with Crippen LogP contribution in [-0.4, -0.2) is 76.2 Å². The van der Waals surface area contributed by atoms with Crippen molar-refractivity contribution in [2.75, 3.05) is 26.2 Å². The summed E-state index contributed by atoms with van der Waals surface area (Å²) in [5, 5.41) is 22.6. The highest BCUT2D eigenvalue weighted by Crippen LogP contribution is 2.44. The van der Waals surface area contributed by atoms with Gasteiger partial charge in [-0.2, -0.15) is 13.2 Å². The van der Waals surface area contributed by atoms with E-state index in [1.807, 2.05) is 36.2 Å². The Bertz CT molecular complexity index is 1330. The molecule has 1 aliphatic heterocycles. The molecule has 0 amide bonds. The van der Waals surface area contributed by atoms with Gasteiger partial charge in [0, 0.05) is 42.1 Å². The first-order valence-corrected chi connectivity index (χ1v) is 13.8. The van der Waals surface area contributed by atoms with Crippen LogP contribution in [0.4, 0.5) is 19.0 Å². The minimum atomic E-state index is -4.22. The molecule has 0 saturated heterocycles. The lowest BCUT2D eigenvalue weighted by molar-refractivity contribution is -0.134. The van der Waals surface area contributed by atoms with Gasteiger partial charge in [0.1, 0.15) is 17.2 Å². The Labute approximate surface area is 234 Å². The number of rotatable bonds is 9. The van der Waals surface area contributed by atoms with Crippen molar-refractivity contribution in [3.05, 3.63) is 47.8 Å². The molecule has 3 aromatic rings. The molecule has 4 atom stereocenters. The Morgan fingerprint density at radius 2 is 1.88 bits per heavy atom. The molecular formula is C27H31F3N6O3S. The van der Waals surface area contributed by atoms with Crippen molar-refractivity contribution in [1.29, 1.82) is 0 Å². The molecule has 2 aliphatic rings. The van der Waals surface area contributed by atoms with Crippen molar-refractivity contribution < 1.29 is 27.8 Å². The Morgan fingerprint density at radius 3 is 2.58 bits per heavy atom. The van der Waals surface area contributed by atoms with Crippen molar-refractivity contribution in [3.8, 4) is 22.9 Å². The van der Waals surface area contributed by atoms with E-state index in [0.717, 1.165) is 28.5 Å². The second-order valence-corrected chi connectivity index (χ2v) is 11.3. The number of halogens is 3. The lowest BCUT2D eigenvalue weighted by atomic mass is 10.1. The van der Waals surface area contributed by atoms with Crippen LogP contribution in [0, 0.1) is 0 Å². The van der Waals surface area contributed by atoms with Gasteiger partial charge >= 0.3 is 6.18 Å². The molecule has 9 nitrogen and oxygen atoms in total. The number of aliphatic hydroxyl groups is 1. The zero-order chi connectivity index (χ0) is 28.4. The number of thioether (sulfide) groups is 1. The normalized spacial score (nSPS) is 22.3. The highest BCUT2D eigenvalue weighted by atomic mass is 32.2. The van der Waals surface area contributed by atoms with Crippen LogP contribution in [0.25, 0.3) is 11.3 Å². The van der Waals surface area contributed by atoms with Crippen LogP contribution in [-0.2, 0) is 13.0 Å². The van der Waals surface area contributed by atoms with Gasteiger partial charge in [0.05, 0.1) is 38.5 Å². The molecule has 1 aromatic carbocycles. The number of methoxy groups -OCH3 is 2. The van der Waals surface area contributed by atoms with E-state index >= 15 is 0 Å². The number of aliphatic hydroxyl groups excluding tert-OH is 1. The molecule has 214 valence electrons. The summed E-state index contributed by atoms with van der Waals surface area (Å²) in [6.07, 6.45) is -2.80. The largest absolute Gasteiger partial charge is 0.491 e.